The number of rotatable bonds is 3. The van der Waals surface area contributed by atoms with Gasteiger partial charge in [0.15, 0.2) is 0 Å². The summed E-state index contributed by atoms with van der Waals surface area (Å²) in [6, 6.07) is 12.1. The lowest BCUT2D eigenvalue weighted by Crippen LogP contribution is -2.08. The molecule has 0 saturated heterocycles. The number of hydrogen-bond acceptors (Lipinski definition) is 1. The second-order valence-corrected chi connectivity index (χ2v) is 5.22. The van der Waals surface area contributed by atoms with Crippen molar-refractivity contribution in [3.8, 4) is 0 Å². The molecular weight excluding hydrogens is 317 g/mol. The molecule has 2 aromatic rings. The highest BCUT2D eigenvalue weighted by molar-refractivity contribution is 6.36. The van der Waals surface area contributed by atoms with E-state index in [1.165, 1.54) is 6.08 Å². The molecule has 2 aromatic carbocycles. The van der Waals surface area contributed by atoms with Crippen LogP contribution in [0.2, 0.25) is 15.1 Å². The van der Waals surface area contributed by atoms with E-state index in [0.717, 1.165) is 5.56 Å². The number of hydrogen-bond donors (Lipinski definition) is 1. The van der Waals surface area contributed by atoms with Gasteiger partial charge in [-0.25, -0.2) is 0 Å². The van der Waals surface area contributed by atoms with Gasteiger partial charge in [-0.05, 0) is 35.9 Å². The lowest BCUT2D eigenvalue weighted by Gasteiger charge is -2.05. The lowest BCUT2D eigenvalue weighted by molar-refractivity contribution is -0.111. The maximum Gasteiger partial charge on any atom is 0.248 e. The molecule has 0 bridgehead atoms. The lowest BCUT2D eigenvalue weighted by atomic mass is 10.2. The Labute approximate surface area is 132 Å². The summed E-state index contributed by atoms with van der Waals surface area (Å²) in [6.07, 6.45) is 3.02. The second kappa shape index (κ2) is 6.80. The molecule has 0 aliphatic rings. The van der Waals surface area contributed by atoms with Crippen molar-refractivity contribution in [3.05, 3.63) is 69.2 Å². The molecule has 0 unspecified atom stereocenters. The van der Waals surface area contributed by atoms with E-state index in [9.17, 15) is 4.79 Å². The Kier molecular flexibility index (Phi) is 5.07. The van der Waals surface area contributed by atoms with Crippen molar-refractivity contribution in [1.82, 2.24) is 0 Å². The first-order valence-corrected chi connectivity index (χ1v) is 6.88. The molecule has 102 valence electrons. The molecule has 0 aromatic heterocycles. The predicted molar refractivity (Wildman–Crippen MR) is 85.6 cm³/mol. The summed E-state index contributed by atoms with van der Waals surface area (Å²) in [4.78, 5) is 11.8. The Bertz CT molecular complexity index is 668. The van der Waals surface area contributed by atoms with E-state index in [4.69, 9.17) is 34.8 Å². The first-order valence-electron chi connectivity index (χ1n) is 5.75. The summed E-state index contributed by atoms with van der Waals surface area (Å²) in [5, 5.41) is 4.16. The van der Waals surface area contributed by atoms with Gasteiger partial charge in [-0.15, -0.1) is 0 Å². The molecule has 2 rings (SSSR count). The van der Waals surface area contributed by atoms with Crippen molar-refractivity contribution >= 4 is 52.5 Å². The molecular formula is C15H10Cl3NO. The molecule has 0 spiro atoms. The molecule has 1 amide bonds. The topological polar surface area (TPSA) is 29.1 Å². The molecule has 0 radical (unpaired) electrons. The van der Waals surface area contributed by atoms with E-state index in [0.29, 0.717) is 20.8 Å². The molecule has 0 aliphatic heterocycles. The molecule has 0 atom stereocenters. The first kappa shape index (κ1) is 14.9. The van der Waals surface area contributed by atoms with Crippen LogP contribution < -0.4 is 5.32 Å². The molecule has 0 heterocycles. The fourth-order valence-electron chi connectivity index (χ4n) is 1.54. The number of anilines is 1. The van der Waals surface area contributed by atoms with Crippen LogP contribution >= 0.6 is 34.8 Å². The second-order valence-electron chi connectivity index (χ2n) is 3.97. The van der Waals surface area contributed by atoms with Gasteiger partial charge < -0.3 is 5.32 Å². The number of nitrogens with one attached hydrogen (secondary N) is 1. The van der Waals surface area contributed by atoms with E-state index in [2.05, 4.69) is 5.32 Å². The van der Waals surface area contributed by atoms with Crippen LogP contribution in [0.5, 0.6) is 0 Å². The van der Waals surface area contributed by atoms with Gasteiger partial charge in [-0.2, -0.15) is 0 Å². The Balaban J connectivity index is 2.10. The SMILES string of the molecule is O=C(/C=C/c1ccccc1Cl)Nc1cc(Cl)ccc1Cl. The van der Waals surface area contributed by atoms with E-state index >= 15 is 0 Å². The van der Waals surface area contributed by atoms with Crippen molar-refractivity contribution in [2.24, 2.45) is 0 Å². The molecule has 2 nitrogen and oxygen atoms in total. The third kappa shape index (κ3) is 4.01. The fraction of sp³-hybridized carbons (Fsp3) is 0. The Morgan fingerprint density at radius 2 is 1.75 bits per heavy atom. The number of benzene rings is 2. The van der Waals surface area contributed by atoms with Crippen LogP contribution in [0.4, 0.5) is 5.69 Å². The molecule has 0 aliphatic carbocycles. The van der Waals surface area contributed by atoms with Crippen LogP contribution in [0.25, 0.3) is 6.08 Å². The fourth-order valence-corrected chi connectivity index (χ4v) is 2.08. The molecule has 5 heteroatoms. The van der Waals surface area contributed by atoms with Gasteiger partial charge in [0, 0.05) is 16.1 Å². The Morgan fingerprint density at radius 3 is 2.50 bits per heavy atom. The summed E-state index contributed by atoms with van der Waals surface area (Å²) in [5.74, 6) is -0.311. The van der Waals surface area contributed by atoms with Gasteiger partial charge in [0.2, 0.25) is 5.91 Å². The van der Waals surface area contributed by atoms with E-state index < -0.39 is 0 Å². The minimum absolute atomic E-state index is 0.311. The van der Waals surface area contributed by atoms with Crippen molar-refractivity contribution in [2.75, 3.05) is 5.32 Å². The van der Waals surface area contributed by atoms with Crippen molar-refractivity contribution in [2.45, 2.75) is 0 Å². The summed E-state index contributed by atoms with van der Waals surface area (Å²) in [7, 11) is 0. The predicted octanol–water partition coefficient (Wildman–Crippen LogP) is 5.30. The smallest absolute Gasteiger partial charge is 0.248 e. The minimum atomic E-state index is -0.311. The molecule has 0 fully saturated rings. The van der Waals surface area contributed by atoms with Gasteiger partial charge in [-0.1, -0.05) is 53.0 Å². The number of carbonyl (C=O) groups excluding carboxylic acids is 1. The van der Waals surface area contributed by atoms with E-state index in [1.54, 1.807) is 30.3 Å². The van der Waals surface area contributed by atoms with Gasteiger partial charge >= 0.3 is 0 Å². The molecule has 20 heavy (non-hydrogen) atoms. The number of halogens is 3. The molecule has 0 saturated carbocycles. The number of amides is 1. The maximum absolute atomic E-state index is 11.8. The van der Waals surface area contributed by atoms with Crippen LogP contribution in [-0.4, -0.2) is 5.91 Å². The zero-order valence-corrected chi connectivity index (χ0v) is 12.5. The summed E-state index contributed by atoms with van der Waals surface area (Å²) < 4.78 is 0. The highest BCUT2D eigenvalue weighted by Gasteiger charge is 2.04. The van der Waals surface area contributed by atoms with Gasteiger partial charge in [0.05, 0.1) is 10.7 Å². The van der Waals surface area contributed by atoms with Gasteiger partial charge in [-0.3, -0.25) is 4.79 Å². The average Bonchev–Trinajstić information content (AvgIpc) is 2.42. The third-order valence-corrected chi connectivity index (χ3v) is 3.41. The number of carbonyl (C=O) groups is 1. The summed E-state index contributed by atoms with van der Waals surface area (Å²) in [6.45, 7) is 0. The maximum atomic E-state index is 11.8. The highest BCUT2D eigenvalue weighted by Crippen LogP contribution is 2.25. The summed E-state index contributed by atoms with van der Waals surface area (Å²) in [5.41, 5.74) is 1.23. The van der Waals surface area contributed by atoms with Crippen LogP contribution in [0, 0.1) is 0 Å². The minimum Gasteiger partial charge on any atom is -0.321 e. The van der Waals surface area contributed by atoms with Crippen LogP contribution in [0.1, 0.15) is 5.56 Å². The van der Waals surface area contributed by atoms with E-state index in [-0.39, 0.29) is 5.91 Å². The van der Waals surface area contributed by atoms with Crippen LogP contribution in [0.15, 0.2) is 48.5 Å². The average molecular weight is 327 g/mol. The zero-order valence-electron chi connectivity index (χ0n) is 10.2. The van der Waals surface area contributed by atoms with Crippen LogP contribution in [-0.2, 0) is 4.79 Å². The Hall–Kier alpha value is -1.48. The normalized spacial score (nSPS) is 10.8. The Morgan fingerprint density at radius 1 is 1.00 bits per heavy atom. The third-order valence-electron chi connectivity index (χ3n) is 2.51. The van der Waals surface area contributed by atoms with Gasteiger partial charge in [0.25, 0.3) is 0 Å². The van der Waals surface area contributed by atoms with Crippen molar-refractivity contribution in [1.29, 1.82) is 0 Å². The monoisotopic (exact) mass is 325 g/mol. The van der Waals surface area contributed by atoms with Crippen LogP contribution in [0.3, 0.4) is 0 Å². The zero-order chi connectivity index (χ0) is 14.5. The standard InChI is InChI=1S/C15H10Cl3NO/c16-11-6-7-13(18)14(9-11)19-15(20)8-5-10-3-1-2-4-12(10)17/h1-9H,(H,19,20)/b8-5+. The van der Waals surface area contributed by atoms with Gasteiger partial charge in [0.1, 0.15) is 0 Å². The summed E-state index contributed by atoms with van der Waals surface area (Å²) >= 11 is 17.8. The van der Waals surface area contributed by atoms with Crippen molar-refractivity contribution < 1.29 is 4.79 Å². The largest absolute Gasteiger partial charge is 0.321 e. The van der Waals surface area contributed by atoms with E-state index in [1.807, 2.05) is 18.2 Å². The first-order chi connectivity index (χ1) is 9.56. The molecule has 1 N–H and O–H groups in total. The highest BCUT2D eigenvalue weighted by atomic mass is 35.5. The van der Waals surface area contributed by atoms with Crippen molar-refractivity contribution in [3.63, 3.8) is 0 Å². The quantitative estimate of drug-likeness (QED) is 0.762.